The van der Waals surface area contributed by atoms with Crippen LogP contribution in [0.3, 0.4) is 0 Å². The SMILES string of the molecule is C#CCNC(=O)CC(=O)Nc1nc(C)c(Cc2ccccc2F)s1. The summed E-state index contributed by atoms with van der Waals surface area (Å²) in [5.41, 5.74) is 1.28. The molecule has 0 saturated heterocycles. The average Bonchev–Trinajstić information content (AvgIpc) is 2.86. The number of halogens is 1. The van der Waals surface area contributed by atoms with E-state index >= 15 is 0 Å². The number of aryl methyl sites for hydroxylation is 1. The van der Waals surface area contributed by atoms with Crippen molar-refractivity contribution in [1.29, 1.82) is 0 Å². The second kappa shape index (κ2) is 8.22. The van der Waals surface area contributed by atoms with E-state index in [4.69, 9.17) is 6.42 Å². The maximum absolute atomic E-state index is 13.7. The van der Waals surface area contributed by atoms with Crippen LogP contribution in [0.1, 0.15) is 22.6 Å². The van der Waals surface area contributed by atoms with Crippen LogP contribution in [0, 0.1) is 25.1 Å². The number of thiazole rings is 1. The molecule has 0 spiro atoms. The summed E-state index contributed by atoms with van der Waals surface area (Å²) < 4.78 is 13.7. The number of rotatable bonds is 6. The van der Waals surface area contributed by atoms with Crippen molar-refractivity contribution in [3.05, 3.63) is 46.2 Å². The molecule has 0 bridgehead atoms. The van der Waals surface area contributed by atoms with Crippen molar-refractivity contribution in [2.24, 2.45) is 0 Å². The Balaban J connectivity index is 1.99. The van der Waals surface area contributed by atoms with Gasteiger partial charge in [0.05, 0.1) is 12.2 Å². The number of carbonyl (C=O) groups is 2. The Bertz CT molecular complexity index is 795. The van der Waals surface area contributed by atoms with Gasteiger partial charge in [-0.2, -0.15) is 0 Å². The number of anilines is 1. The number of hydrogen-bond donors (Lipinski definition) is 2. The number of hydrogen-bond acceptors (Lipinski definition) is 4. The number of nitrogens with zero attached hydrogens (tertiary/aromatic N) is 1. The van der Waals surface area contributed by atoms with E-state index in [0.29, 0.717) is 17.1 Å². The highest BCUT2D eigenvalue weighted by atomic mass is 32.1. The maximum atomic E-state index is 13.7. The summed E-state index contributed by atoms with van der Waals surface area (Å²) in [5, 5.41) is 5.37. The zero-order chi connectivity index (χ0) is 17.5. The highest BCUT2D eigenvalue weighted by molar-refractivity contribution is 7.15. The van der Waals surface area contributed by atoms with E-state index in [-0.39, 0.29) is 18.8 Å². The van der Waals surface area contributed by atoms with E-state index in [9.17, 15) is 14.0 Å². The fourth-order valence-electron chi connectivity index (χ4n) is 1.98. The van der Waals surface area contributed by atoms with Crippen LogP contribution in [0.15, 0.2) is 24.3 Å². The van der Waals surface area contributed by atoms with Crippen LogP contribution in [0.2, 0.25) is 0 Å². The van der Waals surface area contributed by atoms with Gasteiger partial charge in [-0.15, -0.1) is 17.8 Å². The van der Waals surface area contributed by atoms with Gasteiger partial charge in [0.15, 0.2) is 5.13 Å². The zero-order valence-corrected chi connectivity index (χ0v) is 13.9. The molecule has 5 nitrogen and oxygen atoms in total. The topological polar surface area (TPSA) is 71.1 Å². The molecule has 7 heteroatoms. The predicted octanol–water partition coefficient (Wildman–Crippen LogP) is 2.26. The molecular weight excluding hydrogens is 329 g/mol. The van der Waals surface area contributed by atoms with Crippen LogP contribution in [-0.4, -0.2) is 23.3 Å². The first-order valence-electron chi connectivity index (χ1n) is 7.19. The third-order valence-corrected chi connectivity index (χ3v) is 4.23. The Labute approximate surface area is 143 Å². The highest BCUT2D eigenvalue weighted by Crippen LogP contribution is 2.26. The van der Waals surface area contributed by atoms with Gasteiger partial charge in [0.1, 0.15) is 12.2 Å². The molecule has 0 fully saturated rings. The first-order valence-corrected chi connectivity index (χ1v) is 8.01. The van der Waals surface area contributed by atoms with Crippen LogP contribution in [0.4, 0.5) is 9.52 Å². The summed E-state index contributed by atoms with van der Waals surface area (Å²) in [6, 6.07) is 6.52. The summed E-state index contributed by atoms with van der Waals surface area (Å²) in [6.07, 6.45) is 5.09. The Morgan fingerprint density at radius 1 is 1.33 bits per heavy atom. The van der Waals surface area contributed by atoms with Crippen molar-refractivity contribution in [2.75, 3.05) is 11.9 Å². The number of amides is 2. The number of benzene rings is 1. The van der Waals surface area contributed by atoms with Gasteiger partial charge >= 0.3 is 0 Å². The molecule has 0 unspecified atom stereocenters. The van der Waals surface area contributed by atoms with Crippen molar-refractivity contribution in [1.82, 2.24) is 10.3 Å². The summed E-state index contributed by atoms with van der Waals surface area (Å²) in [5.74, 6) is 1.05. The minimum absolute atomic E-state index is 0.0786. The van der Waals surface area contributed by atoms with E-state index in [0.717, 1.165) is 10.6 Å². The molecular formula is C17H16FN3O2S. The lowest BCUT2D eigenvalue weighted by Gasteiger charge is -2.02. The number of nitrogens with one attached hydrogen (secondary N) is 2. The van der Waals surface area contributed by atoms with Gasteiger partial charge < -0.3 is 10.6 Å². The van der Waals surface area contributed by atoms with Crippen molar-refractivity contribution in [3.8, 4) is 12.3 Å². The Hall–Kier alpha value is -2.72. The fourth-order valence-corrected chi connectivity index (χ4v) is 2.98. The summed E-state index contributed by atoms with van der Waals surface area (Å²) in [6.45, 7) is 1.87. The molecule has 2 amide bonds. The molecule has 0 atom stereocenters. The highest BCUT2D eigenvalue weighted by Gasteiger charge is 2.14. The second-order valence-corrected chi connectivity index (χ2v) is 6.09. The maximum Gasteiger partial charge on any atom is 0.235 e. The molecule has 0 saturated carbocycles. The fraction of sp³-hybridized carbons (Fsp3) is 0.235. The molecule has 2 aromatic rings. The zero-order valence-electron chi connectivity index (χ0n) is 13.1. The van der Waals surface area contributed by atoms with Crippen LogP contribution >= 0.6 is 11.3 Å². The van der Waals surface area contributed by atoms with Gasteiger partial charge in [-0.05, 0) is 18.6 Å². The van der Waals surface area contributed by atoms with Crippen molar-refractivity contribution < 1.29 is 14.0 Å². The summed E-state index contributed by atoms with van der Waals surface area (Å²) in [4.78, 5) is 28.3. The van der Waals surface area contributed by atoms with Crippen molar-refractivity contribution >= 4 is 28.3 Å². The smallest absolute Gasteiger partial charge is 0.235 e. The van der Waals surface area contributed by atoms with E-state index < -0.39 is 11.8 Å². The van der Waals surface area contributed by atoms with Crippen molar-refractivity contribution in [3.63, 3.8) is 0 Å². The molecule has 0 radical (unpaired) electrons. The molecule has 1 heterocycles. The predicted molar refractivity (Wildman–Crippen MR) is 91.1 cm³/mol. The van der Waals surface area contributed by atoms with Crippen LogP contribution in [0.25, 0.3) is 0 Å². The molecule has 2 N–H and O–H groups in total. The minimum atomic E-state index is -0.476. The lowest BCUT2D eigenvalue weighted by Crippen LogP contribution is -2.28. The van der Waals surface area contributed by atoms with E-state index in [1.165, 1.54) is 17.4 Å². The van der Waals surface area contributed by atoms with E-state index in [2.05, 4.69) is 21.5 Å². The normalized spacial score (nSPS) is 10.0. The molecule has 0 aliphatic heterocycles. The van der Waals surface area contributed by atoms with Gasteiger partial charge in [0, 0.05) is 11.3 Å². The Morgan fingerprint density at radius 2 is 2.08 bits per heavy atom. The molecule has 1 aromatic carbocycles. The molecule has 124 valence electrons. The quantitative estimate of drug-likeness (QED) is 0.623. The minimum Gasteiger partial charge on any atom is -0.345 e. The van der Waals surface area contributed by atoms with Gasteiger partial charge in [0.25, 0.3) is 0 Å². The number of terminal acetylenes is 1. The third kappa shape index (κ3) is 4.89. The first-order chi connectivity index (χ1) is 11.5. The van der Waals surface area contributed by atoms with Crippen LogP contribution in [0.5, 0.6) is 0 Å². The monoisotopic (exact) mass is 345 g/mol. The molecule has 2 rings (SSSR count). The molecule has 0 aliphatic carbocycles. The van der Waals surface area contributed by atoms with Crippen molar-refractivity contribution in [2.45, 2.75) is 19.8 Å². The molecule has 24 heavy (non-hydrogen) atoms. The standard InChI is InChI=1S/C17H16FN3O2S/c1-3-8-19-15(22)10-16(23)21-17-20-11(2)14(24-17)9-12-6-4-5-7-13(12)18/h1,4-7H,8-10H2,2H3,(H,19,22)(H,20,21,23). The van der Waals surface area contributed by atoms with E-state index in [1.54, 1.807) is 25.1 Å². The van der Waals surface area contributed by atoms with E-state index in [1.807, 2.05) is 0 Å². The van der Waals surface area contributed by atoms with Crippen LogP contribution < -0.4 is 10.6 Å². The van der Waals surface area contributed by atoms with Crippen LogP contribution in [-0.2, 0) is 16.0 Å². The second-order valence-electron chi connectivity index (χ2n) is 5.00. The Kier molecular flexibility index (Phi) is 6.04. The lowest BCUT2D eigenvalue weighted by atomic mass is 10.1. The average molecular weight is 345 g/mol. The Morgan fingerprint density at radius 3 is 2.79 bits per heavy atom. The molecule has 1 aromatic heterocycles. The van der Waals surface area contributed by atoms with Gasteiger partial charge in [0.2, 0.25) is 11.8 Å². The van der Waals surface area contributed by atoms with Gasteiger partial charge in [-0.1, -0.05) is 24.1 Å². The first kappa shape index (κ1) is 17.6. The lowest BCUT2D eigenvalue weighted by molar-refractivity contribution is -0.126. The van der Waals surface area contributed by atoms with Gasteiger partial charge in [-0.3, -0.25) is 9.59 Å². The number of carbonyl (C=O) groups excluding carboxylic acids is 2. The third-order valence-electron chi connectivity index (χ3n) is 3.16. The largest absolute Gasteiger partial charge is 0.345 e. The summed E-state index contributed by atoms with van der Waals surface area (Å²) in [7, 11) is 0. The van der Waals surface area contributed by atoms with Gasteiger partial charge in [-0.25, -0.2) is 9.37 Å². The number of aromatic nitrogens is 1. The summed E-state index contributed by atoms with van der Waals surface area (Å²) >= 11 is 1.26. The molecule has 0 aliphatic rings.